The molecular formula is C54H62F6N12O10. The molecule has 28 heteroatoms. The Morgan fingerprint density at radius 2 is 0.805 bits per heavy atom. The summed E-state index contributed by atoms with van der Waals surface area (Å²) in [6.45, 7) is 2.80. The van der Waals surface area contributed by atoms with Crippen LogP contribution in [-0.2, 0) is 50.6 Å². The quantitative estimate of drug-likeness (QED) is 0.0341. The molecule has 1 aliphatic carbocycles. The molecule has 4 aromatic heterocycles. The van der Waals surface area contributed by atoms with Crippen LogP contribution >= 0.6 is 0 Å². The third kappa shape index (κ3) is 17.7. The van der Waals surface area contributed by atoms with Crippen molar-refractivity contribution in [3.8, 4) is 11.1 Å². The van der Waals surface area contributed by atoms with Gasteiger partial charge >= 0.3 is 24.3 Å². The van der Waals surface area contributed by atoms with Gasteiger partial charge in [0, 0.05) is 77.2 Å². The molecule has 82 heavy (non-hydrogen) atoms. The molecule has 0 atom stereocenters. The van der Waals surface area contributed by atoms with Crippen molar-refractivity contribution in [1.29, 1.82) is 0 Å². The number of hydrogen-bond acceptors (Lipinski definition) is 10. The Kier molecular flexibility index (Phi) is 21.2. The van der Waals surface area contributed by atoms with Crippen LogP contribution in [0.2, 0.25) is 0 Å². The van der Waals surface area contributed by atoms with Crippen LogP contribution in [0, 0.1) is 0 Å². The minimum absolute atomic E-state index is 0.218. The van der Waals surface area contributed by atoms with E-state index in [9.17, 15) is 55.1 Å². The Hall–Kier alpha value is -9.18. The van der Waals surface area contributed by atoms with Crippen molar-refractivity contribution < 1.29 is 74.9 Å². The standard InChI is InChI=1S/C50H60N12O6.2C2HF3O2/c1-57(2)19-9-17-51-45(63)35-23-43(61(7)27-35)55-49(67)41-25-37(29-59(41)5)53-47(65)33-13-15-39-31(21-33)11-12-32-22-34(14-16-40(32)39)48(66)54-38-26-42(60(6)30-38)50(68)56-44-24-36(28-62(44)8)46(64)52-18-10-20-58(3)4;2*3-2(4,5)1(6)7/h13-16,21-30H,9-12,17-20H2,1-8H3,(H,51,63)(H,52,64)(H,53,65)(H,54,66)(H,55,67)(H,56,68);2*(H,6,7). The average Bonchev–Trinajstić information content (AvgIpc) is 4.25. The van der Waals surface area contributed by atoms with Crippen LogP contribution in [0.25, 0.3) is 11.1 Å². The van der Waals surface area contributed by atoms with E-state index in [4.69, 9.17) is 19.8 Å². The number of carboxylic acids is 2. The number of benzene rings is 2. The Labute approximate surface area is 466 Å². The summed E-state index contributed by atoms with van der Waals surface area (Å²) < 4.78 is 70.1. The first-order valence-electron chi connectivity index (χ1n) is 25.0. The van der Waals surface area contributed by atoms with Gasteiger partial charge in [-0.1, -0.05) is 12.1 Å². The molecule has 1 aliphatic rings. The first-order chi connectivity index (χ1) is 38.3. The van der Waals surface area contributed by atoms with Gasteiger partial charge in [0.2, 0.25) is 0 Å². The molecule has 440 valence electrons. The van der Waals surface area contributed by atoms with Gasteiger partial charge in [-0.3, -0.25) is 28.8 Å². The highest BCUT2D eigenvalue weighted by Crippen LogP contribution is 2.35. The Morgan fingerprint density at radius 3 is 1.12 bits per heavy atom. The largest absolute Gasteiger partial charge is 0.490 e. The highest BCUT2D eigenvalue weighted by atomic mass is 19.4. The Morgan fingerprint density at radius 1 is 0.463 bits per heavy atom. The van der Waals surface area contributed by atoms with Crippen LogP contribution < -0.4 is 31.9 Å². The zero-order chi connectivity index (χ0) is 61.0. The zero-order valence-corrected chi connectivity index (χ0v) is 45.9. The normalized spacial score (nSPS) is 11.7. The average molecular weight is 1150 g/mol. The number of aliphatic carboxylic acids is 2. The van der Waals surface area contributed by atoms with Gasteiger partial charge in [0.25, 0.3) is 35.4 Å². The molecule has 4 heterocycles. The molecular weight excluding hydrogens is 1090 g/mol. The van der Waals surface area contributed by atoms with Gasteiger partial charge in [0.05, 0.1) is 22.5 Å². The maximum absolute atomic E-state index is 13.5. The van der Waals surface area contributed by atoms with Crippen LogP contribution in [0.3, 0.4) is 0 Å². The van der Waals surface area contributed by atoms with E-state index in [0.717, 1.165) is 48.2 Å². The van der Waals surface area contributed by atoms with Crippen molar-refractivity contribution in [2.45, 2.75) is 38.0 Å². The third-order valence-corrected chi connectivity index (χ3v) is 12.3. The van der Waals surface area contributed by atoms with Crippen LogP contribution in [0.4, 0.5) is 49.4 Å². The lowest BCUT2D eigenvalue weighted by Crippen LogP contribution is -2.26. The van der Waals surface area contributed by atoms with Gasteiger partial charge in [-0.2, -0.15) is 26.3 Å². The molecule has 8 N–H and O–H groups in total. The number of halogens is 6. The number of rotatable bonds is 18. The number of hydrogen-bond donors (Lipinski definition) is 8. The minimum Gasteiger partial charge on any atom is -0.475 e. The van der Waals surface area contributed by atoms with E-state index in [-0.39, 0.29) is 23.6 Å². The maximum Gasteiger partial charge on any atom is 0.490 e. The van der Waals surface area contributed by atoms with E-state index in [0.29, 0.717) is 82.6 Å². The fourth-order valence-electron chi connectivity index (χ4n) is 8.19. The van der Waals surface area contributed by atoms with Crippen molar-refractivity contribution >= 4 is 70.4 Å². The molecule has 22 nitrogen and oxygen atoms in total. The fraction of sp³-hybridized carbons (Fsp3) is 0.333. The molecule has 0 bridgehead atoms. The van der Waals surface area contributed by atoms with E-state index >= 15 is 0 Å². The second kappa shape index (κ2) is 27.3. The summed E-state index contributed by atoms with van der Waals surface area (Å²) in [5, 5.41) is 31.6. The lowest BCUT2D eigenvalue weighted by Gasteiger charge is -2.21. The minimum atomic E-state index is -5.08. The molecule has 0 radical (unpaired) electrons. The zero-order valence-electron chi connectivity index (χ0n) is 45.9. The lowest BCUT2D eigenvalue weighted by molar-refractivity contribution is -0.193. The first-order valence-corrected chi connectivity index (χ1v) is 25.0. The van der Waals surface area contributed by atoms with E-state index < -0.39 is 36.1 Å². The number of nitrogens with one attached hydrogen (secondary N) is 6. The summed E-state index contributed by atoms with van der Waals surface area (Å²) in [4.78, 5) is 101. The van der Waals surface area contributed by atoms with E-state index in [1.165, 1.54) is 0 Å². The van der Waals surface area contributed by atoms with Gasteiger partial charge in [-0.25, -0.2) is 9.59 Å². The predicted octanol–water partition coefficient (Wildman–Crippen LogP) is 6.45. The smallest absolute Gasteiger partial charge is 0.475 e. The Balaban J connectivity index is 0.000000781. The van der Waals surface area contributed by atoms with E-state index in [1.807, 2.05) is 52.5 Å². The molecule has 7 rings (SSSR count). The van der Waals surface area contributed by atoms with Gasteiger partial charge in [0.1, 0.15) is 23.0 Å². The number of carboxylic acid groups (broad SMARTS) is 2. The van der Waals surface area contributed by atoms with E-state index in [2.05, 4.69) is 41.7 Å². The van der Waals surface area contributed by atoms with Crippen molar-refractivity contribution in [3.63, 3.8) is 0 Å². The van der Waals surface area contributed by atoms with Gasteiger partial charge < -0.3 is 70.2 Å². The number of aromatic nitrogens is 4. The summed E-state index contributed by atoms with van der Waals surface area (Å²) in [5.74, 6) is -6.49. The monoisotopic (exact) mass is 1150 g/mol. The van der Waals surface area contributed by atoms with Crippen LogP contribution in [0.15, 0.2) is 85.5 Å². The summed E-state index contributed by atoms with van der Waals surface area (Å²) in [6.07, 6.45) is -0.555. The number of aryl methyl sites for hydroxylation is 6. The van der Waals surface area contributed by atoms with E-state index in [1.54, 1.807) is 108 Å². The topological polar surface area (TPSA) is 275 Å². The molecule has 6 amide bonds. The van der Waals surface area contributed by atoms with Crippen molar-refractivity contribution in [3.05, 3.63) is 130 Å². The van der Waals surface area contributed by atoms with Crippen molar-refractivity contribution in [2.24, 2.45) is 28.2 Å². The number of fused-ring (bicyclic) bond motifs is 3. The van der Waals surface area contributed by atoms with Gasteiger partial charge in [-0.15, -0.1) is 0 Å². The first kappa shape index (κ1) is 63.6. The summed E-state index contributed by atoms with van der Waals surface area (Å²) in [7, 11) is 14.8. The third-order valence-electron chi connectivity index (χ3n) is 12.3. The van der Waals surface area contributed by atoms with Crippen LogP contribution in [-0.4, -0.2) is 152 Å². The van der Waals surface area contributed by atoms with Gasteiger partial charge in [0.15, 0.2) is 0 Å². The number of anilines is 4. The molecule has 0 unspecified atom stereocenters. The molecule has 2 aromatic carbocycles. The molecule has 0 spiro atoms. The summed E-state index contributed by atoms with van der Waals surface area (Å²) in [5.41, 5.74) is 7.29. The fourth-order valence-corrected chi connectivity index (χ4v) is 8.19. The van der Waals surface area contributed by atoms with Gasteiger partial charge in [-0.05, 0) is 138 Å². The highest BCUT2D eigenvalue weighted by Gasteiger charge is 2.39. The Bertz CT molecular complexity index is 3130. The molecule has 0 saturated heterocycles. The number of carbonyl (C=O) groups excluding carboxylic acids is 6. The predicted molar refractivity (Wildman–Crippen MR) is 291 cm³/mol. The highest BCUT2D eigenvalue weighted by molar-refractivity contribution is 6.09. The maximum atomic E-state index is 13.5. The molecule has 6 aromatic rings. The molecule has 0 saturated carbocycles. The van der Waals surface area contributed by atoms with Crippen molar-refractivity contribution in [2.75, 3.05) is 75.6 Å². The number of nitrogens with zero attached hydrogens (tertiary/aromatic N) is 6. The lowest BCUT2D eigenvalue weighted by atomic mass is 9.84. The van der Waals surface area contributed by atoms with Crippen LogP contribution in [0.5, 0.6) is 0 Å². The second-order valence-electron chi connectivity index (χ2n) is 19.4. The SMILES string of the molecule is CN(C)CCCNC(=O)c1cc(NC(=O)c2cc(NC(=O)c3ccc4c(c3)CCc3cc(C(=O)Nc5cc(C(=O)Nc6cc(C(=O)NCCCN(C)C)cn6C)n(C)c5)ccc3-4)cn2C)n(C)c1.O=C(O)C(F)(F)F.O=C(O)C(F)(F)F. The summed E-state index contributed by atoms with van der Waals surface area (Å²) >= 11 is 0. The van der Waals surface area contributed by atoms with Crippen molar-refractivity contribution in [1.82, 2.24) is 38.7 Å². The molecule has 0 aliphatic heterocycles. The number of carbonyl (C=O) groups is 8. The molecule has 0 fully saturated rings. The summed E-state index contributed by atoms with van der Waals surface area (Å²) in [6, 6.07) is 17.6. The second-order valence-corrected chi connectivity index (χ2v) is 19.4. The van der Waals surface area contributed by atoms with Crippen LogP contribution in [0.1, 0.15) is 86.4 Å². The number of alkyl halides is 6. The number of amides is 6.